The lowest BCUT2D eigenvalue weighted by Gasteiger charge is -2.38. The number of pyridine rings is 2. The van der Waals surface area contributed by atoms with Gasteiger partial charge in [0.15, 0.2) is 28.8 Å². The lowest BCUT2D eigenvalue weighted by molar-refractivity contribution is -0.153. The highest BCUT2D eigenvalue weighted by Gasteiger charge is 2.44. The van der Waals surface area contributed by atoms with E-state index in [1.807, 2.05) is 12.1 Å². The maximum absolute atomic E-state index is 13.2. The minimum Gasteiger partial charge on any atom is -0.385 e. The number of amides is 1. The van der Waals surface area contributed by atoms with Crippen molar-refractivity contribution in [2.24, 2.45) is 0 Å². The van der Waals surface area contributed by atoms with Crippen LogP contribution in [-0.4, -0.2) is 67.3 Å². The van der Waals surface area contributed by atoms with E-state index in [-0.39, 0.29) is 24.9 Å². The number of rotatable bonds is 6. The van der Waals surface area contributed by atoms with Crippen LogP contribution in [0, 0.1) is 0 Å². The fourth-order valence-electron chi connectivity index (χ4n) is 3.68. The SMILES string of the molecule is C[C@](O)(CNc1cnc2c(N)noc2c1)[C@H]1OCCN(c2ccn(-c3ccncc3)n2)C1=O. The molecule has 0 spiro atoms. The van der Waals surface area contributed by atoms with Crippen LogP contribution in [-0.2, 0) is 9.53 Å². The Balaban J connectivity index is 1.30. The third-order valence-electron chi connectivity index (χ3n) is 5.42. The zero-order chi connectivity index (χ0) is 23.0. The second-order valence-corrected chi connectivity index (χ2v) is 7.91. The highest BCUT2D eigenvalue weighted by molar-refractivity contribution is 5.97. The van der Waals surface area contributed by atoms with Crippen LogP contribution in [0.3, 0.4) is 0 Å². The predicted molar refractivity (Wildman–Crippen MR) is 119 cm³/mol. The maximum atomic E-state index is 13.2. The minimum atomic E-state index is -1.52. The Hall–Kier alpha value is -4.03. The Kier molecular flexibility index (Phi) is 5.15. The van der Waals surface area contributed by atoms with Crippen LogP contribution in [0.5, 0.6) is 0 Å². The van der Waals surface area contributed by atoms with Gasteiger partial charge in [0.05, 0.1) is 30.7 Å². The van der Waals surface area contributed by atoms with E-state index in [9.17, 15) is 9.90 Å². The van der Waals surface area contributed by atoms with Gasteiger partial charge >= 0.3 is 0 Å². The van der Waals surface area contributed by atoms with Gasteiger partial charge < -0.3 is 25.4 Å². The van der Waals surface area contributed by atoms with E-state index >= 15 is 0 Å². The molecule has 1 fully saturated rings. The predicted octanol–water partition coefficient (Wildman–Crippen LogP) is 0.981. The first-order valence-corrected chi connectivity index (χ1v) is 10.3. The molecule has 5 rings (SSSR count). The van der Waals surface area contributed by atoms with Crippen LogP contribution >= 0.6 is 0 Å². The fraction of sp³-hybridized carbons (Fsp3) is 0.286. The van der Waals surface area contributed by atoms with Crippen molar-refractivity contribution in [2.75, 3.05) is 35.6 Å². The van der Waals surface area contributed by atoms with Crippen LogP contribution in [0.25, 0.3) is 16.8 Å². The van der Waals surface area contributed by atoms with Gasteiger partial charge in [0.2, 0.25) is 0 Å². The van der Waals surface area contributed by atoms with E-state index in [1.54, 1.807) is 48.5 Å². The molecule has 0 unspecified atom stereocenters. The fourth-order valence-corrected chi connectivity index (χ4v) is 3.68. The number of fused-ring (bicyclic) bond motifs is 1. The highest BCUT2D eigenvalue weighted by atomic mass is 16.5. The molecule has 0 saturated carbocycles. The zero-order valence-electron chi connectivity index (χ0n) is 17.8. The van der Waals surface area contributed by atoms with Crippen molar-refractivity contribution in [3.8, 4) is 5.69 Å². The first-order valence-electron chi connectivity index (χ1n) is 10.3. The van der Waals surface area contributed by atoms with Gasteiger partial charge in [0, 0.05) is 37.3 Å². The van der Waals surface area contributed by atoms with Crippen molar-refractivity contribution in [3.05, 3.63) is 49.1 Å². The Bertz CT molecular complexity index is 1290. The van der Waals surface area contributed by atoms with E-state index < -0.39 is 11.7 Å². The molecule has 33 heavy (non-hydrogen) atoms. The molecule has 0 aromatic carbocycles. The topological polar surface area (TPSA) is 157 Å². The van der Waals surface area contributed by atoms with E-state index in [1.165, 1.54) is 4.90 Å². The number of morpholine rings is 1. The van der Waals surface area contributed by atoms with E-state index in [0.717, 1.165) is 5.69 Å². The molecule has 0 bridgehead atoms. The highest BCUT2D eigenvalue weighted by Crippen LogP contribution is 2.26. The molecule has 5 heterocycles. The molecule has 4 N–H and O–H groups in total. The summed E-state index contributed by atoms with van der Waals surface area (Å²) in [6.07, 6.45) is 5.57. The monoisotopic (exact) mass is 450 g/mol. The summed E-state index contributed by atoms with van der Waals surface area (Å²) >= 11 is 0. The third-order valence-corrected chi connectivity index (χ3v) is 5.42. The first kappa shape index (κ1) is 20.8. The van der Waals surface area contributed by atoms with Crippen LogP contribution in [0.15, 0.2) is 53.6 Å². The number of ether oxygens (including phenoxy) is 1. The number of nitrogens with zero attached hydrogens (tertiary/aromatic N) is 6. The Morgan fingerprint density at radius 2 is 2.15 bits per heavy atom. The van der Waals surface area contributed by atoms with Gasteiger partial charge in [-0.05, 0) is 19.1 Å². The Morgan fingerprint density at radius 1 is 1.33 bits per heavy atom. The van der Waals surface area contributed by atoms with Gasteiger partial charge in [-0.2, -0.15) is 0 Å². The summed E-state index contributed by atoms with van der Waals surface area (Å²) in [5.41, 5.74) is 6.44. The molecule has 1 aliphatic heterocycles. The summed E-state index contributed by atoms with van der Waals surface area (Å²) in [6.45, 7) is 2.17. The van der Waals surface area contributed by atoms with Gasteiger partial charge in [-0.15, -0.1) is 5.10 Å². The molecule has 0 radical (unpaired) electrons. The maximum Gasteiger partial charge on any atom is 0.260 e. The molecule has 12 nitrogen and oxygen atoms in total. The van der Waals surface area contributed by atoms with Crippen molar-refractivity contribution in [3.63, 3.8) is 0 Å². The molecular weight excluding hydrogens is 428 g/mol. The number of nitrogens with two attached hydrogens (primary N) is 1. The van der Waals surface area contributed by atoms with Crippen molar-refractivity contribution >= 4 is 34.3 Å². The number of anilines is 3. The van der Waals surface area contributed by atoms with Gasteiger partial charge in [-0.3, -0.25) is 14.7 Å². The minimum absolute atomic E-state index is 0.0273. The smallest absolute Gasteiger partial charge is 0.260 e. The second-order valence-electron chi connectivity index (χ2n) is 7.91. The van der Waals surface area contributed by atoms with Gasteiger partial charge in [-0.25, -0.2) is 9.67 Å². The molecule has 170 valence electrons. The zero-order valence-corrected chi connectivity index (χ0v) is 17.8. The van der Waals surface area contributed by atoms with E-state index in [0.29, 0.717) is 29.1 Å². The molecule has 1 saturated heterocycles. The number of hydrogen-bond acceptors (Lipinski definition) is 10. The van der Waals surface area contributed by atoms with Crippen LogP contribution in [0.2, 0.25) is 0 Å². The van der Waals surface area contributed by atoms with Crippen LogP contribution in [0.1, 0.15) is 6.92 Å². The summed E-state index contributed by atoms with van der Waals surface area (Å²) < 4.78 is 12.4. The summed E-state index contributed by atoms with van der Waals surface area (Å²) in [4.78, 5) is 22.9. The van der Waals surface area contributed by atoms with E-state index in [2.05, 4.69) is 25.5 Å². The number of carbonyl (C=O) groups is 1. The molecule has 2 atom stereocenters. The quantitative estimate of drug-likeness (QED) is 0.387. The largest absolute Gasteiger partial charge is 0.385 e. The first-order chi connectivity index (χ1) is 15.9. The number of carbonyl (C=O) groups excluding carboxylic acids is 1. The lowest BCUT2D eigenvalue weighted by Crippen LogP contribution is -2.59. The number of nitrogen functional groups attached to an aromatic ring is 1. The molecule has 1 aliphatic rings. The Morgan fingerprint density at radius 3 is 2.97 bits per heavy atom. The summed E-state index contributed by atoms with van der Waals surface area (Å²) in [7, 11) is 0. The van der Waals surface area contributed by atoms with Crippen molar-refractivity contribution in [1.82, 2.24) is 24.9 Å². The average Bonchev–Trinajstić information content (AvgIpc) is 3.46. The normalized spacial score (nSPS) is 18.4. The van der Waals surface area contributed by atoms with Crippen molar-refractivity contribution in [1.29, 1.82) is 0 Å². The standard InChI is InChI=1S/C21H22N8O4/c1-21(31,12-25-13-10-15-17(24-11-13)19(22)27-33-15)18-20(30)28(8-9-32-18)16-4-7-29(26-16)14-2-5-23-6-3-14/h2-7,10-11,18,25,31H,8-9,12H2,1H3,(H2,22,27)/t18-,21-/m0/s1. The van der Waals surface area contributed by atoms with Crippen molar-refractivity contribution in [2.45, 2.75) is 18.6 Å². The van der Waals surface area contributed by atoms with Crippen LogP contribution < -0.4 is 16.0 Å². The van der Waals surface area contributed by atoms with Gasteiger partial charge in [0.25, 0.3) is 5.91 Å². The number of hydrogen-bond donors (Lipinski definition) is 3. The molecule has 4 aromatic heterocycles. The molecule has 1 amide bonds. The summed E-state index contributed by atoms with van der Waals surface area (Å²) in [6, 6.07) is 7.05. The third kappa shape index (κ3) is 3.97. The Labute approximate surface area is 188 Å². The lowest BCUT2D eigenvalue weighted by atomic mass is 9.96. The van der Waals surface area contributed by atoms with Crippen LogP contribution in [0.4, 0.5) is 17.3 Å². The number of nitrogens with one attached hydrogen (secondary N) is 1. The molecule has 0 aliphatic carbocycles. The number of aliphatic hydroxyl groups is 1. The molecular formula is C21H22N8O4. The molecule has 4 aromatic rings. The summed E-state index contributed by atoms with van der Waals surface area (Å²) in [5, 5.41) is 22.3. The molecule has 12 heteroatoms. The summed E-state index contributed by atoms with van der Waals surface area (Å²) in [5.74, 6) is 0.312. The number of aromatic nitrogens is 5. The second kappa shape index (κ2) is 8.15. The van der Waals surface area contributed by atoms with Crippen molar-refractivity contribution < 1.29 is 19.2 Å². The van der Waals surface area contributed by atoms with Gasteiger partial charge in [0.1, 0.15) is 5.60 Å². The van der Waals surface area contributed by atoms with Gasteiger partial charge in [-0.1, -0.05) is 5.16 Å². The van der Waals surface area contributed by atoms with E-state index in [4.69, 9.17) is 15.0 Å². The average molecular weight is 450 g/mol.